The first-order chi connectivity index (χ1) is 9.29. The van der Waals surface area contributed by atoms with Crippen molar-refractivity contribution in [1.82, 2.24) is 10.2 Å². The van der Waals surface area contributed by atoms with Crippen LogP contribution >= 0.6 is 0 Å². The van der Waals surface area contributed by atoms with Gasteiger partial charge in [0.25, 0.3) is 0 Å². The maximum absolute atomic E-state index is 12.3. The molecule has 1 atom stereocenters. The van der Waals surface area contributed by atoms with Gasteiger partial charge in [-0.3, -0.25) is 0 Å². The van der Waals surface area contributed by atoms with E-state index in [1.165, 1.54) is 0 Å². The third kappa shape index (κ3) is 3.05. The van der Waals surface area contributed by atoms with Crippen molar-refractivity contribution in [1.29, 1.82) is 0 Å². The highest BCUT2D eigenvalue weighted by Crippen LogP contribution is 2.20. The summed E-state index contributed by atoms with van der Waals surface area (Å²) in [4.78, 5) is 0. The molecule has 7 heteroatoms. The molecule has 0 unspecified atom stereocenters. The van der Waals surface area contributed by atoms with E-state index in [4.69, 9.17) is 10.2 Å². The Labute approximate surface area is 117 Å². The Bertz CT molecular complexity index is 720. The maximum Gasteiger partial charge on any atom is 0.335 e. The number of benzene rings is 1. The van der Waals surface area contributed by atoms with E-state index < -0.39 is 15.9 Å². The van der Waals surface area contributed by atoms with Crippen LogP contribution in [0.3, 0.4) is 0 Å². The van der Waals surface area contributed by atoms with Crippen LogP contribution in [0.5, 0.6) is 0 Å². The second kappa shape index (κ2) is 5.34. The van der Waals surface area contributed by atoms with Gasteiger partial charge in [0.05, 0.1) is 11.8 Å². The van der Waals surface area contributed by atoms with Gasteiger partial charge in [-0.25, -0.2) is 8.42 Å². The lowest BCUT2D eigenvalue weighted by Gasteiger charge is -2.06. The van der Waals surface area contributed by atoms with E-state index >= 15 is 0 Å². The van der Waals surface area contributed by atoms with Gasteiger partial charge in [0.1, 0.15) is 0 Å². The molecule has 0 saturated carbocycles. The Morgan fingerprint density at radius 1 is 1.30 bits per heavy atom. The van der Waals surface area contributed by atoms with Crippen molar-refractivity contribution >= 4 is 9.84 Å². The van der Waals surface area contributed by atoms with E-state index in [0.29, 0.717) is 0 Å². The number of hydrogen-bond donors (Lipinski definition) is 1. The van der Waals surface area contributed by atoms with E-state index in [0.717, 1.165) is 16.7 Å². The fourth-order valence-electron chi connectivity index (χ4n) is 1.75. The second-order valence-corrected chi connectivity index (χ2v) is 6.75. The summed E-state index contributed by atoms with van der Waals surface area (Å²) in [5.41, 5.74) is 8.21. The van der Waals surface area contributed by atoms with Crippen molar-refractivity contribution in [2.75, 3.05) is 0 Å². The van der Waals surface area contributed by atoms with Crippen LogP contribution in [0, 0.1) is 13.8 Å². The Balaban J connectivity index is 2.33. The summed E-state index contributed by atoms with van der Waals surface area (Å²) in [6.07, 6.45) is 0. The largest absolute Gasteiger partial charge is 0.411 e. The first-order valence-electron chi connectivity index (χ1n) is 6.17. The van der Waals surface area contributed by atoms with Gasteiger partial charge in [-0.15, -0.1) is 5.10 Å². The molecular formula is C13H17N3O3S. The summed E-state index contributed by atoms with van der Waals surface area (Å²) in [7, 11) is -3.66. The van der Waals surface area contributed by atoms with Gasteiger partial charge in [-0.2, -0.15) is 0 Å². The van der Waals surface area contributed by atoms with E-state index in [1.807, 2.05) is 32.0 Å². The van der Waals surface area contributed by atoms with Gasteiger partial charge in [0.2, 0.25) is 15.7 Å². The lowest BCUT2D eigenvalue weighted by Crippen LogP contribution is -2.07. The van der Waals surface area contributed by atoms with Gasteiger partial charge in [-0.05, 0) is 31.9 Å². The van der Waals surface area contributed by atoms with E-state index in [1.54, 1.807) is 6.92 Å². The van der Waals surface area contributed by atoms with Crippen molar-refractivity contribution < 1.29 is 12.8 Å². The number of rotatable bonds is 4. The SMILES string of the molecule is Cc1ccc(C)c(CS(=O)(=O)c2nnc([C@H](C)N)o2)c1. The molecule has 1 aromatic carbocycles. The number of nitrogens with two attached hydrogens (primary N) is 1. The molecule has 1 aromatic heterocycles. The minimum atomic E-state index is -3.66. The molecule has 2 N–H and O–H groups in total. The molecule has 0 amide bonds. The number of sulfone groups is 1. The summed E-state index contributed by atoms with van der Waals surface area (Å²) in [6, 6.07) is 5.18. The molecule has 20 heavy (non-hydrogen) atoms. The van der Waals surface area contributed by atoms with E-state index in [-0.39, 0.29) is 16.9 Å². The lowest BCUT2D eigenvalue weighted by molar-refractivity contribution is 0.380. The first kappa shape index (κ1) is 14.7. The van der Waals surface area contributed by atoms with Gasteiger partial charge in [0, 0.05) is 0 Å². The monoisotopic (exact) mass is 295 g/mol. The molecule has 6 nitrogen and oxygen atoms in total. The highest BCUT2D eigenvalue weighted by molar-refractivity contribution is 7.90. The summed E-state index contributed by atoms with van der Waals surface area (Å²) < 4.78 is 29.6. The molecule has 0 spiro atoms. The molecule has 0 aliphatic heterocycles. The second-order valence-electron chi connectivity index (χ2n) is 4.88. The van der Waals surface area contributed by atoms with Crippen molar-refractivity contribution in [3.05, 3.63) is 40.8 Å². The summed E-state index contributed by atoms with van der Waals surface area (Å²) in [6.45, 7) is 5.43. The molecule has 108 valence electrons. The molecule has 0 aliphatic rings. The van der Waals surface area contributed by atoms with Crippen LogP contribution in [0.25, 0.3) is 0 Å². The predicted molar refractivity (Wildman–Crippen MR) is 73.7 cm³/mol. The average molecular weight is 295 g/mol. The van der Waals surface area contributed by atoms with Crippen molar-refractivity contribution in [2.24, 2.45) is 5.73 Å². The molecule has 0 radical (unpaired) electrons. The Morgan fingerprint density at radius 3 is 2.60 bits per heavy atom. The zero-order chi connectivity index (χ0) is 14.9. The van der Waals surface area contributed by atoms with E-state index in [2.05, 4.69) is 10.2 Å². The zero-order valence-corrected chi connectivity index (χ0v) is 12.4. The third-order valence-electron chi connectivity index (χ3n) is 2.93. The average Bonchev–Trinajstić information content (AvgIpc) is 2.84. The van der Waals surface area contributed by atoms with Crippen molar-refractivity contribution in [3.63, 3.8) is 0 Å². The van der Waals surface area contributed by atoms with Crippen LogP contribution in [0.1, 0.15) is 35.5 Å². The van der Waals surface area contributed by atoms with Crippen molar-refractivity contribution in [3.8, 4) is 0 Å². The fourth-order valence-corrected chi connectivity index (χ4v) is 2.97. The summed E-state index contributed by atoms with van der Waals surface area (Å²) in [5.74, 6) is -0.0503. The van der Waals surface area contributed by atoms with Crippen LogP contribution in [0.4, 0.5) is 0 Å². The molecule has 0 saturated heterocycles. The quantitative estimate of drug-likeness (QED) is 0.921. The van der Waals surface area contributed by atoms with Crippen LogP contribution < -0.4 is 5.73 Å². The Kier molecular flexibility index (Phi) is 3.92. The standard InChI is InChI=1S/C13H17N3O3S/c1-8-4-5-9(2)11(6-8)7-20(17,18)13-16-15-12(19-13)10(3)14/h4-6,10H,7,14H2,1-3H3/t10-/m0/s1. The summed E-state index contributed by atoms with van der Waals surface area (Å²) in [5, 5.41) is 6.83. The highest BCUT2D eigenvalue weighted by atomic mass is 32.2. The van der Waals surface area contributed by atoms with Crippen LogP contribution in [0.15, 0.2) is 27.8 Å². The van der Waals surface area contributed by atoms with E-state index in [9.17, 15) is 8.42 Å². The first-order valence-corrected chi connectivity index (χ1v) is 7.82. The zero-order valence-electron chi connectivity index (χ0n) is 11.6. The minimum absolute atomic E-state index is 0.115. The molecule has 0 fully saturated rings. The van der Waals surface area contributed by atoms with Gasteiger partial charge in [-0.1, -0.05) is 28.9 Å². The van der Waals surface area contributed by atoms with Crippen LogP contribution in [-0.4, -0.2) is 18.6 Å². The van der Waals surface area contributed by atoms with Crippen molar-refractivity contribution in [2.45, 2.75) is 37.8 Å². The lowest BCUT2D eigenvalue weighted by atomic mass is 10.1. The third-order valence-corrected chi connectivity index (χ3v) is 4.32. The topological polar surface area (TPSA) is 99.1 Å². The number of aromatic nitrogens is 2. The molecule has 2 rings (SSSR count). The molecular weight excluding hydrogens is 278 g/mol. The summed E-state index contributed by atoms with van der Waals surface area (Å²) >= 11 is 0. The number of hydrogen-bond acceptors (Lipinski definition) is 6. The number of aryl methyl sites for hydroxylation is 2. The number of nitrogens with zero attached hydrogens (tertiary/aromatic N) is 2. The molecule has 0 bridgehead atoms. The Hall–Kier alpha value is -1.73. The van der Waals surface area contributed by atoms with Gasteiger partial charge in [0.15, 0.2) is 0 Å². The minimum Gasteiger partial charge on any atom is -0.411 e. The van der Waals surface area contributed by atoms with Crippen LogP contribution in [0.2, 0.25) is 0 Å². The molecule has 1 heterocycles. The predicted octanol–water partition coefficient (Wildman–Crippen LogP) is 1.68. The maximum atomic E-state index is 12.3. The molecule has 0 aliphatic carbocycles. The smallest absolute Gasteiger partial charge is 0.335 e. The van der Waals surface area contributed by atoms with Gasteiger partial charge < -0.3 is 10.2 Å². The Morgan fingerprint density at radius 2 is 2.00 bits per heavy atom. The van der Waals surface area contributed by atoms with Crippen LogP contribution in [-0.2, 0) is 15.6 Å². The highest BCUT2D eigenvalue weighted by Gasteiger charge is 2.24. The molecule has 2 aromatic rings. The normalized spacial score (nSPS) is 13.4. The fraction of sp³-hybridized carbons (Fsp3) is 0.385. The van der Waals surface area contributed by atoms with Gasteiger partial charge >= 0.3 is 5.22 Å².